The Hall–Kier alpha value is -3.10. The minimum absolute atomic E-state index is 0.0439. The molecule has 1 aromatic carbocycles. The fourth-order valence-corrected chi connectivity index (χ4v) is 5.30. The molecule has 0 bridgehead atoms. The summed E-state index contributed by atoms with van der Waals surface area (Å²) in [6.45, 7) is 7.57. The minimum Gasteiger partial charge on any atom is -0.334 e. The first-order chi connectivity index (χ1) is 15.0. The predicted octanol–water partition coefficient (Wildman–Crippen LogP) is 3.88. The minimum atomic E-state index is -0.0439. The summed E-state index contributed by atoms with van der Waals surface area (Å²) in [7, 11) is 0. The molecule has 8 heteroatoms. The van der Waals surface area contributed by atoms with Crippen molar-refractivity contribution in [1.82, 2.24) is 30.4 Å². The molecule has 0 radical (unpaired) electrons. The topological polar surface area (TPSA) is 86.8 Å². The maximum absolute atomic E-state index is 13.6. The van der Waals surface area contributed by atoms with Gasteiger partial charge in [0.1, 0.15) is 16.4 Å². The van der Waals surface area contributed by atoms with E-state index in [0.717, 1.165) is 37.6 Å². The lowest BCUT2D eigenvalue weighted by Gasteiger charge is -2.35. The third-order valence-corrected chi connectivity index (χ3v) is 6.72. The van der Waals surface area contributed by atoms with Gasteiger partial charge in [-0.05, 0) is 32.4 Å². The second-order valence-corrected chi connectivity index (χ2v) is 9.19. The fourth-order valence-electron chi connectivity index (χ4n) is 4.25. The summed E-state index contributed by atoms with van der Waals surface area (Å²) in [5, 5.41) is 12.9. The highest BCUT2D eigenvalue weighted by Crippen LogP contribution is 2.38. The molecule has 1 aliphatic heterocycles. The van der Waals surface area contributed by atoms with Crippen LogP contribution in [0.1, 0.15) is 29.9 Å². The van der Waals surface area contributed by atoms with E-state index >= 15 is 0 Å². The number of nitrogens with zero attached hydrogens (tertiary/aromatic N) is 4. The number of amides is 1. The van der Waals surface area contributed by atoms with Crippen molar-refractivity contribution in [2.45, 2.75) is 32.9 Å². The highest BCUT2D eigenvalue weighted by molar-refractivity contribution is 7.18. The Morgan fingerprint density at radius 1 is 1.16 bits per heavy atom. The Bertz CT molecular complexity index is 1240. The summed E-state index contributed by atoms with van der Waals surface area (Å²) in [6.07, 6.45) is 3.51. The predicted molar refractivity (Wildman–Crippen MR) is 123 cm³/mol. The monoisotopic (exact) mass is 432 g/mol. The number of para-hydroxylation sites is 1. The maximum Gasteiger partial charge on any atom is 0.274 e. The number of H-pyrrole nitrogens is 1. The van der Waals surface area contributed by atoms with Gasteiger partial charge in [-0.15, -0.1) is 11.3 Å². The van der Waals surface area contributed by atoms with Crippen LogP contribution in [-0.4, -0.2) is 56.1 Å². The van der Waals surface area contributed by atoms with Crippen molar-refractivity contribution < 1.29 is 4.79 Å². The lowest BCUT2D eigenvalue weighted by Crippen LogP contribution is -2.55. The average Bonchev–Trinajstić information content (AvgIpc) is 3.38. The van der Waals surface area contributed by atoms with Crippen molar-refractivity contribution in [2.24, 2.45) is 0 Å². The quantitative estimate of drug-likeness (QED) is 0.513. The number of aromatic amines is 1. The van der Waals surface area contributed by atoms with Crippen LogP contribution >= 0.6 is 11.3 Å². The van der Waals surface area contributed by atoms with Crippen molar-refractivity contribution in [3.8, 4) is 21.1 Å². The van der Waals surface area contributed by atoms with Crippen LogP contribution in [0.5, 0.6) is 0 Å². The number of benzene rings is 1. The summed E-state index contributed by atoms with van der Waals surface area (Å²) >= 11 is 1.49. The van der Waals surface area contributed by atoms with Gasteiger partial charge in [-0.2, -0.15) is 5.10 Å². The Kier molecular flexibility index (Phi) is 5.03. The summed E-state index contributed by atoms with van der Waals surface area (Å²) in [5.41, 5.74) is 4.25. The summed E-state index contributed by atoms with van der Waals surface area (Å²) in [6, 6.07) is 10.4. The molecule has 0 spiro atoms. The fraction of sp³-hybridized carbons (Fsp3) is 0.304. The molecule has 158 valence electrons. The number of rotatable bonds is 3. The van der Waals surface area contributed by atoms with Crippen LogP contribution in [-0.2, 0) is 0 Å². The van der Waals surface area contributed by atoms with E-state index in [1.807, 2.05) is 29.2 Å². The number of hydrogen-bond acceptors (Lipinski definition) is 6. The number of hydrogen-bond donors (Lipinski definition) is 2. The first kappa shape index (κ1) is 19.8. The van der Waals surface area contributed by atoms with Gasteiger partial charge in [0.2, 0.25) is 0 Å². The van der Waals surface area contributed by atoms with Crippen molar-refractivity contribution in [3.05, 3.63) is 54.0 Å². The summed E-state index contributed by atoms with van der Waals surface area (Å²) in [4.78, 5) is 25.4. The van der Waals surface area contributed by atoms with E-state index in [2.05, 4.69) is 47.3 Å². The van der Waals surface area contributed by atoms with Gasteiger partial charge in [0.05, 0.1) is 10.4 Å². The van der Waals surface area contributed by atoms with Gasteiger partial charge in [-0.1, -0.05) is 24.3 Å². The molecular formula is C23H24N6OS. The lowest BCUT2D eigenvalue weighted by atomic mass is 10.1. The molecule has 4 heterocycles. The first-order valence-electron chi connectivity index (χ1n) is 10.4. The van der Waals surface area contributed by atoms with Crippen LogP contribution in [0, 0.1) is 6.92 Å². The lowest BCUT2D eigenvalue weighted by molar-refractivity contribution is 0.0669. The van der Waals surface area contributed by atoms with E-state index in [1.165, 1.54) is 11.3 Å². The molecule has 1 amide bonds. The molecule has 2 N–H and O–H groups in total. The normalized spacial score (nSPS) is 19.1. The third kappa shape index (κ3) is 3.62. The van der Waals surface area contributed by atoms with Gasteiger partial charge < -0.3 is 10.2 Å². The van der Waals surface area contributed by atoms with E-state index in [-0.39, 0.29) is 18.0 Å². The molecule has 7 nitrogen and oxygen atoms in total. The van der Waals surface area contributed by atoms with Crippen LogP contribution in [0.4, 0.5) is 0 Å². The Morgan fingerprint density at radius 2 is 1.97 bits per heavy atom. The first-order valence-corrected chi connectivity index (χ1v) is 11.2. The molecule has 0 aliphatic carbocycles. The molecule has 4 aromatic rings. The highest BCUT2D eigenvalue weighted by atomic mass is 32.1. The molecule has 5 rings (SSSR count). The van der Waals surface area contributed by atoms with Crippen LogP contribution in [0.2, 0.25) is 0 Å². The molecule has 3 aromatic heterocycles. The Balaban J connectivity index is 1.62. The van der Waals surface area contributed by atoms with Crippen LogP contribution in [0.15, 0.2) is 42.7 Å². The molecular weight excluding hydrogens is 408 g/mol. The van der Waals surface area contributed by atoms with Gasteiger partial charge in [-0.25, -0.2) is 4.98 Å². The molecule has 0 saturated carbocycles. The van der Waals surface area contributed by atoms with E-state index in [1.54, 1.807) is 12.4 Å². The molecule has 2 atom stereocenters. The van der Waals surface area contributed by atoms with Crippen LogP contribution < -0.4 is 5.32 Å². The van der Waals surface area contributed by atoms with Crippen LogP contribution in [0.3, 0.4) is 0 Å². The van der Waals surface area contributed by atoms with Gasteiger partial charge in [-0.3, -0.25) is 14.9 Å². The number of carbonyl (C=O) groups excluding carboxylic acids is 1. The molecule has 1 saturated heterocycles. The van der Waals surface area contributed by atoms with Crippen molar-refractivity contribution in [1.29, 1.82) is 0 Å². The van der Waals surface area contributed by atoms with Gasteiger partial charge in [0.25, 0.3) is 5.91 Å². The zero-order valence-electron chi connectivity index (χ0n) is 17.7. The number of nitrogens with one attached hydrogen (secondary N) is 2. The van der Waals surface area contributed by atoms with Crippen molar-refractivity contribution in [2.75, 3.05) is 13.1 Å². The number of aryl methyl sites for hydroxylation is 1. The second kappa shape index (κ2) is 7.86. The molecule has 31 heavy (non-hydrogen) atoms. The molecule has 2 unspecified atom stereocenters. The number of carbonyl (C=O) groups is 1. The summed E-state index contributed by atoms with van der Waals surface area (Å²) in [5.74, 6) is -0.0439. The number of thiazole rings is 1. The zero-order chi connectivity index (χ0) is 21.5. The standard InChI is InChI=1S/C23H24N6OS/c1-13-6-4-8-17-18(13)27-28-19(17)22-26-20(21(31-22)16-7-5-9-24-10-16)23(30)29-11-14(2)25-15(3)12-29/h4-10,14-15,25H,11-12H2,1-3H3,(H,27,28). The van der Waals surface area contributed by atoms with Crippen molar-refractivity contribution in [3.63, 3.8) is 0 Å². The van der Waals surface area contributed by atoms with E-state index in [4.69, 9.17) is 4.98 Å². The third-order valence-electron chi connectivity index (χ3n) is 5.61. The average molecular weight is 433 g/mol. The van der Waals surface area contributed by atoms with E-state index in [9.17, 15) is 4.79 Å². The number of aromatic nitrogens is 4. The zero-order valence-corrected chi connectivity index (χ0v) is 18.5. The van der Waals surface area contributed by atoms with Gasteiger partial charge >= 0.3 is 0 Å². The Labute approximate surface area is 184 Å². The molecule has 1 aliphatic rings. The largest absolute Gasteiger partial charge is 0.334 e. The molecule has 1 fully saturated rings. The second-order valence-electron chi connectivity index (χ2n) is 8.19. The maximum atomic E-state index is 13.6. The van der Waals surface area contributed by atoms with E-state index in [0.29, 0.717) is 18.8 Å². The summed E-state index contributed by atoms with van der Waals surface area (Å²) < 4.78 is 0. The number of fused-ring (bicyclic) bond motifs is 1. The number of pyridine rings is 1. The number of piperazine rings is 1. The Morgan fingerprint density at radius 3 is 2.71 bits per heavy atom. The van der Waals surface area contributed by atoms with Crippen LogP contribution in [0.25, 0.3) is 32.0 Å². The SMILES string of the molecule is Cc1cccc2c(-c3nc(C(=O)N4CC(C)NC(C)C4)c(-c4cccnc4)s3)n[nH]c12. The smallest absolute Gasteiger partial charge is 0.274 e. The van der Waals surface area contributed by atoms with E-state index < -0.39 is 0 Å². The highest BCUT2D eigenvalue weighted by Gasteiger charge is 2.30. The van der Waals surface area contributed by atoms with Crippen molar-refractivity contribution >= 4 is 28.1 Å². The van der Waals surface area contributed by atoms with Gasteiger partial charge in [0, 0.05) is 48.5 Å². The van der Waals surface area contributed by atoms with Gasteiger partial charge in [0.15, 0.2) is 0 Å².